The minimum atomic E-state index is -0.317. The third kappa shape index (κ3) is 4.14. The summed E-state index contributed by atoms with van der Waals surface area (Å²) in [4.78, 5) is 27.0. The zero-order valence-electron chi connectivity index (χ0n) is 15.7. The summed E-state index contributed by atoms with van der Waals surface area (Å²) >= 11 is 0. The number of hydrogen-bond donors (Lipinski definition) is 1. The van der Waals surface area contributed by atoms with Gasteiger partial charge in [-0.05, 0) is 61.7 Å². The van der Waals surface area contributed by atoms with Crippen molar-refractivity contribution >= 4 is 17.5 Å². The number of nitrogens with one attached hydrogen (secondary N) is 1. The van der Waals surface area contributed by atoms with Gasteiger partial charge in [0.25, 0.3) is 11.8 Å². The first-order valence-corrected chi connectivity index (χ1v) is 9.41. The van der Waals surface area contributed by atoms with Crippen LogP contribution >= 0.6 is 0 Å². The molecule has 0 aliphatic heterocycles. The Balaban J connectivity index is 1.45. The van der Waals surface area contributed by atoms with E-state index >= 15 is 0 Å². The second kappa shape index (κ2) is 7.72. The van der Waals surface area contributed by atoms with Crippen molar-refractivity contribution in [2.75, 3.05) is 5.32 Å². The lowest BCUT2D eigenvalue weighted by Gasteiger charge is -2.23. The standard InChI is InChI=1S/C23H22N2O3/c1-16-4-6-17(7-5-16)15-25(20-12-13-20)23(27)18-8-10-19(11-9-18)24-22(26)21-3-2-14-28-21/h2-11,14,20H,12-13,15H2,1H3,(H,24,26). The monoisotopic (exact) mass is 374 g/mol. The average Bonchev–Trinajstić information content (AvgIpc) is 3.39. The van der Waals surface area contributed by atoms with E-state index in [2.05, 4.69) is 36.5 Å². The highest BCUT2D eigenvalue weighted by Gasteiger charge is 2.33. The minimum Gasteiger partial charge on any atom is -0.459 e. The molecular formula is C23H22N2O3. The minimum absolute atomic E-state index is 0.0204. The van der Waals surface area contributed by atoms with Gasteiger partial charge in [0.2, 0.25) is 0 Å². The fourth-order valence-corrected chi connectivity index (χ4v) is 3.11. The third-order valence-electron chi connectivity index (χ3n) is 4.86. The SMILES string of the molecule is Cc1ccc(CN(C(=O)c2ccc(NC(=O)c3ccco3)cc2)C2CC2)cc1. The maximum atomic E-state index is 13.0. The maximum absolute atomic E-state index is 13.0. The molecule has 1 aliphatic carbocycles. The lowest BCUT2D eigenvalue weighted by molar-refractivity contribution is 0.0730. The number of nitrogens with zero attached hydrogens (tertiary/aromatic N) is 1. The summed E-state index contributed by atoms with van der Waals surface area (Å²) in [7, 11) is 0. The fraction of sp³-hybridized carbons (Fsp3) is 0.217. The van der Waals surface area contributed by atoms with Crippen LogP contribution in [0.15, 0.2) is 71.3 Å². The van der Waals surface area contributed by atoms with Crippen molar-refractivity contribution in [3.8, 4) is 0 Å². The molecular weight excluding hydrogens is 352 g/mol. The normalized spacial score (nSPS) is 13.2. The Hall–Kier alpha value is -3.34. The largest absolute Gasteiger partial charge is 0.459 e. The van der Waals surface area contributed by atoms with Crippen LogP contribution in [0.2, 0.25) is 0 Å². The van der Waals surface area contributed by atoms with E-state index in [0.29, 0.717) is 23.8 Å². The molecule has 1 N–H and O–H groups in total. The number of carbonyl (C=O) groups excluding carboxylic acids is 2. The Morgan fingerprint density at radius 2 is 1.75 bits per heavy atom. The van der Waals surface area contributed by atoms with E-state index in [9.17, 15) is 9.59 Å². The molecule has 2 aromatic carbocycles. The summed E-state index contributed by atoms with van der Waals surface area (Å²) in [6.07, 6.45) is 3.56. The zero-order valence-corrected chi connectivity index (χ0v) is 15.7. The van der Waals surface area contributed by atoms with Gasteiger partial charge in [-0.15, -0.1) is 0 Å². The Morgan fingerprint density at radius 3 is 2.36 bits per heavy atom. The maximum Gasteiger partial charge on any atom is 0.291 e. The molecule has 0 radical (unpaired) electrons. The Kier molecular flexibility index (Phi) is 4.98. The van der Waals surface area contributed by atoms with Gasteiger partial charge in [0.15, 0.2) is 5.76 Å². The van der Waals surface area contributed by atoms with E-state index in [1.54, 1.807) is 36.4 Å². The molecule has 142 valence electrons. The highest BCUT2D eigenvalue weighted by molar-refractivity contribution is 6.02. The predicted molar refractivity (Wildman–Crippen MR) is 107 cm³/mol. The molecule has 5 heteroatoms. The number of furan rings is 1. The molecule has 1 aromatic heterocycles. The van der Waals surface area contributed by atoms with E-state index in [1.807, 2.05) is 4.90 Å². The number of carbonyl (C=O) groups is 2. The smallest absolute Gasteiger partial charge is 0.291 e. The highest BCUT2D eigenvalue weighted by atomic mass is 16.3. The first-order chi connectivity index (χ1) is 13.6. The fourth-order valence-electron chi connectivity index (χ4n) is 3.11. The number of amides is 2. The molecule has 3 aromatic rings. The molecule has 4 rings (SSSR count). The molecule has 28 heavy (non-hydrogen) atoms. The van der Waals surface area contributed by atoms with Crippen LogP contribution in [0.1, 0.15) is 44.9 Å². The van der Waals surface area contributed by atoms with Crippen molar-refractivity contribution in [1.82, 2.24) is 4.90 Å². The lowest BCUT2D eigenvalue weighted by atomic mass is 10.1. The highest BCUT2D eigenvalue weighted by Crippen LogP contribution is 2.30. The topological polar surface area (TPSA) is 62.6 Å². The van der Waals surface area contributed by atoms with Gasteiger partial charge in [-0.1, -0.05) is 29.8 Å². The molecule has 0 saturated heterocycles. The number of benzene rings is 2. The van der Waals surface area contributed by atoms with E-state index in [0.717, 1.165) is 18.4 Å². The summed E-state index contributed by atoms with van der Waals surface area (Å²) in [6.45, 7) is 2.67. The van der Waals surface area contributed by atoms with Crippen molar-refractivity contribution in [2.45, 2.75) is 32.4 Å². The van der Waals surface area contributed by atoms with E-state index in [-0.39, 0.29) is 17.6 Å². The van der Waals surface area contributed by atoms with Crippen molar-refractivity contribution in [2.24, 2.45) is 0 Å². The van der Waals surface area contributed by atoms with E-state index < -0.39 is 0 Å². The summed E-state index contributed by atoms with van der Waals surface area (Å²) in [6, 6.07) is 18.9. The number of aryl methyl sites for hydroxylation is 1. The van der Waals surface area contributed by atoms with Crippen LogP contribution in [0, 0.1) is 6.92 Å². The van der Waals surface area contributed by atoms with Gasteiger partial charge in [-0.3, -0.25) is 9.59 Å². The van der Waals surface area contributed by atoms with Gasteiger partial charge >= 0.3 is 0 Å². The first-order valence-electron chi connectivity index (χ1n) is 9.41. The lowest BCUT2D eigenvalue weighted by Crippen LogP contribution is -2.32. The molecule has 1 saturated carbocycles. The van der Waals surface area contributed by atoms with Crippen LogP contribution < -0.4 is 5.32 Å². The molecule has 1 heterocycles. The van der Waals surface area contributed by atoms with E-state index in [1.165, 1.54) is 11.8 Å². The number of hydrogen-bond acceptors (Lipinski definition) is 3. The van der Waals surface area contributed by atoms with Crippen molar-refractivity contribution in [3.05, 3.63) is 89.4 Å². The second-order valence-corrected chi connectivity index (χ2v) is 7.16. The van der Waals surface area contributed by atoms with Gasteiger partial charge < -0.3 is 14.6 Å². The molecule has 2 amide bonds. The number of anilines is 1. The number of rotatable bonds is 6. The van der Waals surface area contributed by atoms with Gasteiger partial charge in [-0.25, -0.2) is 0 Å². The Labute approximate surface area is 164 Å². The summed E-state index contributed by atoms with van der Waals surface area (Å²) < 4.78 is 5.09. The van der Waals surface area contributed by atoms with Crippen LogP contribution in [-0.2, 0) is 6.54 Å². The molecule has 1 fully saturated rings. The van der Waals surface area contributed by atoms with Gasteiger partial charge in [0, 0.05) is 23.8 Å². The van der Waals surface area contributed by atoms with E-state index in [4.69, 9.17) is 4.42 Å². The van der Waals surface area contributed by atoms with Crippen LogP contribution in [-0.4, -0.2) is 22.8 Å². The van der Waals surface area contributed by atoms with Crippen molar-refractivity contribution < 1.29 is 14.0 Å². The molecule has 0 atom stereocenters. The summed E-state index contributed by atoms with van der Waals surface area (Å²) in [5.74, 6) is -0.0480. The van der Waals surface area contributed by atoms with Gasteiger partial charge in [0.1, 0.15) is 0 Å². The molecule has 0 unspecified atom stereocenters. The zero-order chi connectivity index (χ0) is 19.5. The van der Waals surface area contributed by atoms with Gasteiger partial charge in [0.05, 0.1) is 6.26 Å². The quantitative estimate of drug-likeness (QED) is 0.683. The summed E-state index contributed by atoms with van der Waals surface area (Å²) in [5, 5.41) is 2.76. The molecule has 0 bridgehead atoms. The molecule has 1 aliphatic rings. The van der Waals surface area contributed by atoms with Crippen molar-refractivity contribution in [3.63, 3.8) is 0 Å². The summed E-state index contributed by atoms with van der Waals surface area (Å²) in [5.41, 5.74) is 3.58. The van der Waals surface area contributed by atoms with Crippen LogP contribution in [0.25, 0.3) is 0 Å². The Bertz CT molecular complexity index is 956. The second-order valence-electron chi connectivity index (χ2n) is 7.16. The van der Waals surface area contributed by atoms with Gasteiger partial charge in [-0.2, -0.15) is 0 Å². The third-order valence-corrected chi connectivity index (χ3v) is 4.86. The first kappa shape index (κ1) is 18.0. The predicted octanol–water partition coefficient (Wildman–Crippen LogP) is 4.65. The molecule has 5 nitrogen and oxygen atoms in total. The molecule has 0 spiro atoms. The Morgan fingerprint density at radius 1 is 1.04 bits per heavy atom. The van der Waals surface area contributed by atoms with Crippen LogP contribution in [0.5, 0.6) is 0 Å². The van der Waals surface area contributed by atoms with Crippen molar-refractivity contribution in [1.29, 1.82) is 0 Å². The van der Waals surface area contributed by atoms with Crippen LogP contribution in [0.4, 0.5) is 5.69 Å². The average molecular weight is 374 g/mol. The van der Waals surface area contributed by atoms with Crippen LogP contribution in [0.3, 0.4) is 0 Å².